The Kier molecular flexibility index (Phi) is 3.51. The van der Waals surface area contributed by atoms with Crippen molar-refractivity contribution in [2.75, 3.05) is 6.54 Å². The van der Waals surface area contributed by atoms with Gasteiger partial charge in [0.25, 0.3) is 0 Å². The second-order valence-corrected chi connectivity index (χ2v) is 5.91. The first-order valence-corrected chi connectivity index (χ1v) is 6.57. The molecule has 4 nitrogen and oxygen atoms in total. The molecule has 0 unspecified atom stereocenters. The molecule has 1 aromatic heterocycles. The SMILES string of the molecule is C[C@]1(O)CC[C@@H](C(=O)O)N(Cc2cccs2)C1. The highest BCUT2D eigenvalue weighted by Gasteiger charge is 2.37. The molecule has 1 fully saturated rings. The molecule has 0 spiro atoms. The summed E-state index contributed by atoms with van der Waals surface area (Å²) in [7, 11) is 0. The first kappa shape index (κ1) is 12.5. The topological polar surface area (TPSA) is 60.8 Å². The number of hydrogen-bond acceptors (Lipinski definition) is 4. The van der Waals surface area contributed by atoms with Crippen molar-refractivity contribution < 1.29 is 15.0 Å². The monoisotopic (exact) mass is 255 g/mol. The van der Waals surface area contributed by atoms with Gasteiger partial charge in [-0.25, -0.2) is 0 Å². The number of carboxylic acid groups (broad SMARTS) is 1. The Balaban J connectivity index is 2.11. The largest absolute Gasteiger partial charge is 0.480 e. The minimum Gasteiger partial charge on any atom is -0.480 e. The van der Waals surface area contributed by atoms with E-state index in [0.29, 0.717) is 25.9 Å². The molecule has 1 aliphatic rings. The number of hydrogen-bond donors (Lipinski definition) is 2. The predicted molar refractivity (Wildman–Crippen MR) is 66.0 cm³/mol. The maximum Gasteiger partial charge on any atom is 0.320 e. The van der Waals surface area contributed by atoms with Gasteiger partial charge in [-0.15, -0.1) is 11.3 Å². The standard InChI is InChI=1S/C12H17NO3S/c1-12(16)5-4-10(11(14)15)13(8-12)7-9-3-2-6-17-9/h2-3,6,10,16H,4-5,7-8H2,1H3,(H,14,15)/t10-,12-/m0/s1. The van der Waals surface area contributed by atoms with Crippen molar-refractivity contribution in [2.24, 2.45) is 0 Å². The molecule has 0 aromatic carbocycles. The summed E-state index contributed by atoms with van der Waals surface area (Å²) < 4.78 is 0. The lowest BCUT2D eigenvalue weighted by atomic mass is 9.90. The quantitative estimate of drug-likeness (QED) is 0.860. The summed E-state index contributed by atoms with van der Waals surface area (Å²) in [5.41, 5.74) is -0.775. The summed E-state index contributed by atoms with van der Waals surface area (Å²) in [5, 5.41) is 21.2. The average Bonchev–Trinajstić information content (AvgIpc) is 2.68. The van der Waals surface area contributed by atoms with Crippen molar-refractivity contribution in [3.8, 4) is 0 Å². The molecule has 2 atom stereocenters. The summed E-state index contributed by atoms with van der Waals surface area (Å²) in [6.45, 7) is 2.79. The number of thiophene rings is 1. The number of β-amino-alcohol motifs (C(OH)–C–C–N with tert-alkyl or cyclic N) is 1. The smallest absolute Gasteiger partial charge is 0.320 e. The molecule has 2 rings (SSSR count). The fourth-order valence-corrected chi connectivity index (χ4v) is 3.03. The van der Waals surface area contributed by atoms with E-state index >= 15 is 0 Å². The van der Waals surface area contributed by atoms with Gasteiger partial charge in [-0.3, -0.25) is 9.69 Å². The Morgan fingerprint density at radius 1 is 1.71 bits per heavy atom. The number of piperidine rings is 1. The lowest BCUT2D eigenvalue weighted by Crippen LogP contribution is -2.53. The Labute approximate surface area is 104 Å². The minimum absolute atomic E-state index is 0.419. The molecule has 0 radical (unpaired) electrons. The van der Waals surface area contributed by atoms with Crippen LogP contribution in [0.2, 0.25) is 0 Å². The van der Waals surface area contributed by atoms with E-state index in [4.69, 9.17) is 0 Å². The van der Waals surface area contributed by atoms with Crippen LogP contribution in [0.1, 0.15) is 24.6 Å². The highest BCUT2D eigenvalue weighted by Crippen LogP contribution is 2.27. The normalized spacial score (nSPS) is 30.4. The van der Waals surface area contributed by atoms with Crippen LogP contribution in [0.25, 0.3) is 0 Å². The predicted octanol–water partition coefficient (Wildman–Crippen LogP) is 1.55. The highest BCUT2D eigenvalue weighted by molar-refractivity contribution is 7.09. The van der Waals surface area contributed by atoms with Crippen molar-refractivity contribution in [2.45, 2.75) is 38.0 Å². The molecule has 0 bridgehead atoms. The molecular formula is C12H17NO3S. The Morgan fingerprint density at radius 3 is 3.06 bits per heavy atom. The fraction of sp³-hybridized carbons (Fsp3) is 0.583. The van der Waals surface area contributed by atoms with E-state index in [0.717, 1.165) is 4.88 Å². The molecule has 1 aromatic rings. The molecule has 0 aliphatic carbocycles. The number of aliphatic carboxylic acids is 1. The summed E-state index contributed by atoms with van der Waals surface area (Å²) >= 11 is 1.61. The molecule has 94 valence electrons. The van der Waals surface area contributed by atoms with E-state index in [9.17, 15) is 15.0 Å². The van der Waals surface area contributed by atoms with Crippen LogP contribution in [0.4, 0.5) is 0 Å². The van der Waals surface area contributed by atoms with Crippen LogP contribution < -0.4 is 0 Å². The second-order valence-electron chi connectivity index (χ2n) is 4.87. The van der Waals surface area contributed by atoms with Crippen LogP contribution in [0.15, 0.2) is 17.5 Å². The summed E-state index contributed by atoms with van der Waals surface area (Å²) in [6.07, 6.45) is 1.05. The second kappa shape index (κ2) is 4.76. The molecule has 5 heteroatoms. The van der Waals surface area contributed by atoms with Crippen LogP contribution in [0.5, 0.6) is 0 Å². The van der Waals surface area contributed by atoms with Gasteiger partial charge in [-0.1, -0.05) is 6.07 Å². The zero-order valence-corrected chi connectivity index (χ0v) is 10.6. The maximum absolute atomic E-state index is 11.2. The number of nitrogens with zero attached hydrogens (tertiary/aromatic N) is 1. The van der Waals surface area contributed by atoms with Gasteiger partial charge in [-0.05, 0) is 31.2 Å². The molecular weight excluding hydrogens is 238 g/mol. The van der Waals surface area contributed by atoms with Gasteiger partial charge in [0.15, 0.2) is 0 Å². The fourth-order valence-electron chi connectivity index (χ4n) is 2.31. The van der Waals surface area contributed by atoms with E-state index in [1.807, 2.05) is 22.4 Å². The average molecular weight is 255 g/mol. The van der Waals surface area contributed by atoms with Gasteiger partial charge in [0, 0.05) is 18.0 Å². The van der Waals surface area contributed by atoms with Crippen LogP contribution in [0, 0.1) is 0 Å². The number of aliphatic hydroxyl groups is 1. The molecule has 0 saturated carbocycles. The van der Waals surface area contributed by atoms with Crippen molar-refractivity contribution in [3.05, 3.63) is 22.4 Å². The number of rotatable bonds is 3. The van der Waals surface area contributed by atoms with Crippen molar-refractivity contribution in [1.82, 2.24) is 4.90 Å². The molecule has 0 amide bonds. The van der Waals surface area contributed by atoms with Crippen molar-refractivity contribution in [3.63, 3.8) is 0 Å². The summed E-state index contributed by atoms with van der Waals surface area (Å²) in [4.78, 5) is 14.2. The molecule has 1 saturated heterocycles. The molecule has 2 N–H and O–H groups in total. The van der Waals surface area contributed by atoms with Gasteiger partial charge < -0.3 is 10.2 Å². The first-order chi connectivity index (χ1) is 7.98. The van der Waals surface area contributed by atoms with Gasteiger partial charge in [-0.2, -0.15) is 0 Å². The van der Waals surface area contributed by atoms with Crippen LogP contribution >= 0.6 is 11.3 Å². The summed E-state index contributed by atoms with van der Waals surface area (Å²) in [6, 6.07) is 3.47. The lowest BCUT2D eigenvalue weighted by molar-refractivity contribution is -0.149. The Bertz CT molecular complexity index is 388. The third-order valence-corrected chi connectivity index (χ3v) is 4.03. The number of likely N-dealkylation sites (tertiary alicyclic amines) is 1. The highest BCUT2D eigenvalue weighted by atomic mass is 32.1. The Hall–Kier alpha value is -0.910. The van der Waals surface area contributed by atoms with Crippen molar-refractivity contribution in [1.29, 1.82) is 0 Å². The maximum atomic E-state index is 11.2. The van der Waals surface area contributed by atoms with Gasteiger partial charge in [0.2, 0.25) is 0 Å². The van der Waals surface area contributed by atoms with Gasteiger partial charge >= 0.3 is 5.97 Å². The van der Waals surface area contributed by atoms with E-state index in [1.54, 1.807) is 18.3 Å². The zero-order valence-electron chi connectivity index (χ0n) is 9.80. The van der Waals surface area contributed by atoms with Gasteiger partial charge in [0.05, 0.1) is 5.60 Å². The Morgan fingerprint density at radius 2 is 2.47 bits per heavy atom. The van der Waals surface area contributed by atoms with Gasteiger partial charge in [0.1, 0.15) is 6.04 Å². The van der Waals surface area contributed by atoms with E-state index < -0.39 is 17.6 Å². The van der Waals surface area contributed by atoms with E-state index in [2.05, 4.69) is 0 Å². The molecule has 1 aliphatic heterocycles. The minimum atomic E-state index is -0.794. The lowest BCUT2D eigenvalue weighted by Gasteiger charge is -2.40. The zero-order chi connectivity index (χ0) is 12.5. The number of carboxylic acids is 1. The van der Waals surface area contributed by atoms with E-state index in [1.165, 1.54) is 0 Å². The van der Waals surface area contributed by atoms with Crippen LogP contribution in [-0.4, -0.2) is 39.3 Å². The number of carbonyl (C=O) groups is 1. The first-order valence-electron chi connectivity index (χ1n) is 5.69. The van der Waals surface area contributed by atoms with E-state index in [-0.39, 0.29) is 0 Å². The third-order valence-electron chi connectivity index (χ3n) is 3.16. The summed E-state index contributed by atoms with van der Waals surface area (Å²) in [5.74, 6) is -0.794. The van der Waals surface area contributed by atoms with Crippen LogP contribution in [0.3, 0.4) is 0 Å². The van der Waals surface area contributed by atoms with Crippen molar-refractivity contribution >= 4 is 17.3 Å². The molecule has 2 heterocycles. The molecule has 17 heavy (non-hydrogen) atoms. The third kappa shape index (κ3) is 3.06. The van der Waals surface area contributed by atoms with Crippen LogP contribution in [-0.2, 0) is 11.3 Å².